The zero-order valence-electron chi connectivity index (χ0n) is 13.6. The van der Waals surface area contributed by atoms with Crippen molar-refractivity contribution in [1.29, 1.82) is 0 Å². The largest absolute Gasteiger partial charge is 0.459 e. The highest BCUT2D eigenvalue weighted by Gasteiger charge is 2.34. The van der Waals surface area contributed by atoms with E-state index in [4.69, 9.17) is 27.6 Å². The Hall–Kier alpha value is -2.49. The number of carbonyl (C=O) groups excluding carboxylic acids is 2. The number of hydrogen-bond donors (Lipinski definition) is 2. The van der Waals surface area contributed by atoms with Crippen LogP contribution in [0.4, 0.5) is 24.5 Å². The molecule has 2 aromatic heterocycles. The number of benzene rings is 1. The summed E-state index contributed by atoms with van der Waals surface area (Å²) in [7, 11) is 0. The quantitative estimate of drug-likeness (QED) is 0.501. The standard InChI is InChI=1S/C17H9Cl2F3N2O3S/c18-13-7-9(14(19)28-13)15(25)24-11-4-3-8(6-10(11)17(20,21)22)23-16(26)12-2-1-5-27-12/h1-7H,(H,23,26)(H,24,25). The smallest absolute Gasteiger partial charge is 0.418 e. The molecule has 0 spiro atoms. The van der Waals surface area contributed by atoms with E-state index in [1.165, 1.54) is 30.5 Å². The Morgan fingerprint density at radius 1 is 1.04 bits per heavy atom. The van der Waals surface area contributed by atoms with Crippen molar-refractivity contribution in [2.24, 2.45) is 0 Å². The van der Waals surface area contributed by atoms with Gasteiger partial charge in [-0.2, -0.15) is 13.2 Å². The summed E-state index contributed by atoms with van der Waals surface area (Å²) in [6.07, 6.45) is -3.53. The summed E-state index contributed by atoms with van der Waals surface area (Å²) in [6, 6.07) is 7.04. The molecule has 0 atom stereocenters. The predicted molar refractivity (Wildman–Crippen MR) is 100 cm³/mol. The number of amides is 2. The molecule has 11 heteroatoms. The van der Waals surface area contributed by atoms with E-state index < -0.39 is 29.2 Å². The zero-order valence-corrected chi connectivity index (χ0v) is 15.9. The van der Waals surface area contributed by atoms with E-state index in [2.05, 4.69) is 10.6 Å². The Balaban J connectivity index is 1.88. The van der Waals surface area contributed by atoms with Crippen LogP contribution < -0.4 is 10.6 Å². The van der Waals surface area contributed by atoms with Gasteiger partial charge < -0.3 is 15.1 Å². The van der Waals surface area contributed by atoms with Crippen LogP contribution >= 0.6 is 34.5 Å². The van der Waals surface area contributed by atoms with Crippen LogP contribution in [0.2, 0.25) is 8.67 Å². The number of alkyl halides is 3. The van der Waals surface area contributed by atoms with E-state index in [1.807, 2.05) is 0 Å². The van der Waals surface area contributed by atoms with Crippen LogP contribution in [0.1, 0.15) is 26.5 Å². The third-order valence-corrected chi connectivity index (χ3v) is 4.96. The van der Waals surface area contributed by atoms with E-state index in [0.29, 0.717) is 6.07 Å². The third kappa shape index (κ3) is 4.49. The molecule has 3 rings (SSSR count). The zero-order chi connectivity index (χ0) is 20.5. The van der Waals surface area contributed by atoms with Gasteiger partial charge in [0.25, 0.3) is 11.8 Å². The van der Waals surface area contributed by atoms with Gasteiger partial charge in [-0.15, -0.1) is 11.3 Å². The molecular formula is C17H9Cl2F3N2O3S. The minimum absolute atomic E-state index is 0.0417. The predicted octanol–water partition coefficient (Wildman–Crippen LogP) is 6.17. The maximum absolute atomic E-state index is 13.4. The molecule has 0 bridgehead atoms. The van der Waals surface area contributed by atoms with Crippen LogP contribution in [0.25, 0.3) is 0 Å². The fourth-order valence-corrected chi connectivity index (χ4v) is 3.71. The van der Waals surface area contributed by atoms with Crippen LogP contribution in [0.3, 0.4) is 0 Å². The van der Waals surface area contributed by atoms with Gasteiger partial charge in [0, 0.05) is 5.69 Å². The molecule has 2 amide bonds. The Morgan fingerprint density at radius 3 is 2.36 bits per heavy atom. The van der Waals surface area contributed by atoms with E-state index in [0.717, 1.165) is 17.4 Å². The van der Waals surface area contributed by atoms with Crippen molar-refractivity contribution in [1.82, 2.24) is 0 Å². The van der Waals surface area contributed by atoms with E-state index in [1.54, 1.807) is 0 Å². The van der Waals surface area contributed by atoms with Crippen molar-refractivity contribution in [3.05, 3.63) is 68.2 Å². The lowest BCUT2D eigenvalue weighted by Gasteiger charge is -2.15. The average molecular weight is 449 g/mol. The SMILES string of the molecule is O=C(Nc1ccc(NC(=O)c2cc(Cl)sc2Cl)c(C(F)(F)F)c1)c1ccco1. The Labute approximate surface area is 170 Å². The molecule has 1 aromatic carbocycles. The lowest BCUT2D eigenvalue weighted by Crippen LogP contribution is -2.17. The topological polar surface area (TPSA) is 71.3 Å². The molecule has 0 unspecified atom stereocenters. The summed E-state index contributed by atoms with van der Waals surface area (Å²) in [6.45, 7) is 0. The Bertz CT molecular complexity index is 1030. The summed E-state index contributed by atoms with van der Waals surface area (Å²) < 4.78 is 45.5. The number of nitrogens with one attached hydrogen (secondary N) is 2. The molecule has 2 N–H and O–H groups in total. The van der Waals surface area contributed by atoms with Gasteiger partial charge in [0.2, 0.25) is 0 Å². The molecule has 5 nitrogen and oxygen atoms in total. The van der Waals surface area contributed by atoms with Crippen LogP contribution in [-0.4, -0.2) is 11.8 Å². The number of thiophene rings is 1. The van der Waals surface area contributed by atoms with Crippen molar-refractivity contribution >= 4 is 57.7 Å². The monoisotopic (exact) mass is 448 g/mol. The fraction of sp³-hybridized carbons (Fsp3) is 0.0588. The number of anilines is 2. The van der Waals surface area contributed by atoms with E-state index in [9.17, 15) is 22.8 Å². The molecule has 0 fully saturated rings. The first-order chi connectivity index (χ1) is 13.1. The number of hydrogen-bond acceptors (Lipinski definition) is 4. The van der Waals surface area contributed by atoms with Crippen molar-refractivity contribution in [2.45, 2.75) is 6.18 Å². The van der Waals surface area contributed by atoms with Crippen molar-refractivity contribution in [3.8, 4) is 0 Å². The highest BCUT2D eigenvalue weighted by Crippen LogP contribution is 2.38. The molecule has 146 valence electrons. The van der Waals surface area contributed by atoms with Crippen LogP contribution in [-0.2, 0) is 6.18 Å². The molecule has 28 heavy (non-hydrogen) atoms. The number of rotatable bonds is 4. The second-order valence-corrected chi connectivity index (χ2v) is 7.67. The van der Waals surface area contributed by atoms with Gasteiger partial charge in [-0.3, -0.25) is 9.59 Å². The summed E-state index contributed by atoms with van der Waals surface area (Å²) in [5.74, 6) is -1.62. The molecule has 0 aliphatic rings. The maximum atomic E-state index is 13.4. The van der Waals surface area contributed by atoms with Gasteiger partial charge in [0.1, 0.15) is 4.34 Å². The summed E-state index contributed by atoms with van der Waals surface area (Å²) in [5.41, 5.74) is -1.80. The summed E-state index contributed by atoms with van der Waals surface area (Å²) in [5, 5.41) is 4.47. The van der Waals surface area contributed by atoms with Crippen molar-refractivity contribution in [2.75, 3.05) is 10.6 Å². The molecule has 0 saturated heterocycles. The van der Waals surface area contributed by atoms with Gasteiger partial charge in [0.15, 0.2) is 5.76 Å². The molecule has 2 heterocycles. The fourth-order valence-electron chi connectivity index (χ4n) is 2.25. The van der Waals surface area contributed by atoms with Gasteiger partial charge in [-0.05, 0) is 36.4 Å². The van der Waals surface area contributed by atoms with Gasteiger partial charge in [-0.25, -0.2) is 0 Å². The molecule has 0 radical (unpaired) electrons. The first-order valence-corrected chi connectivity index (χ1v) is 9.04. The first kappa shape index (κ1) is 20.2. The summed E-state index contributed by atoms with van der Waals surface area (Å²) in [4.78, 5) is 24.2. The Kier molecular flexibility index (Phi) is 5.69. The molecule has 3 aromatic rings. The highest BCUT2D eigenvalue weighted by atomic mass is 35.5. The van der Waals surface area contributed by atoms with Crippen LogP contribution in [0, 0.1) is 0 Å². The molecule has 0 aliphatic carbocycles. The van der Waals surface area contributed by atoms with Crippen molar-refractivity contribution in [3.63, 3.8) is 0 Å². The van der Waals surface area contributed by atoms with Gasteiger partial charge in [0.05, 0.1) is 27.4 Å². The minimum atomic E-state index is -4.79. The van der Waals surface area contributed by atoms with Crippen molar-refractivity contribution < 1.29 is 27.2 Å². The Morgan fingerprint density at radius 2 is 1.79 bits per heavy atom. The number of carbonyl (C=O) groups is 2. The summed E-state index contributed by atoms with van der Waals surface area (Å²) >= 11 is 12.5. The van der Waals surface area contributed by atoms with E-state index >= 15 is 0 Å². The molecular weight excluding hydrogens is 440 g/mol. The number of furan rings is 1. The first-order valence-electron chi connectivity index (χ1n) is 7.47. The van der Waals surface area contributed by atoms with E-state index in [-0.39, 0.29) is 25.7 Å². The number of halogens is 5. The van der Waals surface area contributed by atoms with Crippen LogP contribution in [0.15, 0.2) is 47.1 Å². The highest BCUT2D eigenvalue weighted by molar-refractivity contribution is 7.20. The van der Waals surface area contributed by atoms with Crippen LogP contribution in [0.5, 0.6) is 0 Å². The lowest BCUT2D eigenvalue weighted by atomic mass is 10.1. The minimum Gasteiger partial charge on any atom is -0.459 e. The average Bonchev–Trinajstić information content (AvgIpc) is 3.25. The molecule has 0 saturated carbocycles. The normalized spacial score (nSPS) is 11.3. The van der Waals surface area contributed by atoms with Gasteiger partial charge in [-0.1, -0.05) is 23.2 Å². The lowest BCUT2D eigenvalue weighted by molar-refractivity contribution is -0.136. The second-order valence-electron chi connectivity index (χ2n) is 5.38. The molecule has 0 aliphatic heterocycles. The third-order valence-electron chi connectivity index (χ3n) is 3.48. The second kappa shape index (κ2) is 7.86. The van der Waals surface area contributed by atoms with Gasteiger partial charge >= 0.3 is 6.18 Å². The maximum Gasteiger partial charge on any atom is 0.418 e.